The first-order valence-corrected chi connectivity index (χ1v) is 5.93. The zero-order valence-electron chi connectivity index (χ0n) is 5.07. The SMILES string of the molecule is COC(=O)[N]1C=C[CH]=[In]1. The van der Waals surface area contributed by atoms with Gasteiger partial charge in [0.25, 0.3) is 0 Å². The van der Waals surface area contributed by atoms with Gasteiger partial charge in [-0.25, -0.2) is 0 Å². The topological polar surface area (TPSA) is 29.5 Å². The second-order valence-corrected chi connectivity index (χ2v) is 5.10. The van der Waals surface area contributed by atoms with E-state index in [1.165, 1.54) is 7.11 Å². The van der Waals surface area contributed by atoms with Crippen LogP contribution in [0.1, 0.15) is 0 Å². The number of allylic oxidation sites excluding steroid dienone is 1. The summed E-state index contributed by atoms with van der Waals surface area (Å²) in [6.45, 7) is 0. The molecule has 1 aliphatic rings. The normalized spacial score (nSPS) is 13.7. The zero-order chi connectivity index (χ0) is 6.69. The number of methoxy groups -OCH3 is 1. The van der Waals surface area contributed by atoms with Gasteiger partial charge in [-0.15, -0.1) is 0 Å². The Bertz CT molecular complexity index is 164. The van der Waals surface area contributed by atoms with Gasteiger partial charge in [-0.3, -0.25) is 0 Å². The van der Waals surface area contributed by atoms with Gasteiger partial charge in [0.2, 0.25) is 0 Å². The third kappa shape index (κ3) is 1.58. The van der Waals surface area contributed by atoms with Crippen LogP contribution in [-0.2, 0) is 4.74 Å². The van der Waals surface area contributed by atoms with Crippen molar-refractivity contribution in [2.24, 2.45) is 0 Å². The van der Waals surface area contributed by atoms with E-state index in [4.69, 9.17) is 0 Å². The Morgan fingerprint density at radius 2 is 2.56 bits per heavy atom. The van der Waals surface area contributed by atoms with Crippen molar-refractivity contribution in [3.63, 3.8) is 0 Å². The number of carbonyl (C=O) groups excluding carboxylic acids is 1. The summed E-state index contributed by atoms with van der Waals surface area (Å²) in [6, 6.07) is 0. The molecule has 0 spiro atoms. The molecule has 1 aliphatic heterocycles. The maximum atomic E-state index is 10.7. The predicted octanol–water partition coefficient (Wildman–Crippen LogP) is 0.00350. The molecule has 0 bridgehead atoms. The summed E-state index contributed by atoms with van der Waals surface area (Å²) in [5, 5.41) is 0. The van der Waals surface area contributed by atoms with Gasteiger partial charge in [0.05, 0.1) is 0 Å². The Morgan fingerprint density at radius 1 is 1.78 bits per heavy atom. The molecule has 0 atom stereocenters. The Hall–Kier alpha value is -0.250. The molecule has 1 amide bonds. The molecule has 0 aromatic rings. The Labute approximate surface area is 64.5 Å². The molecule has 1 heterocycles. The molecule has 9 heavy (non-hydrogen) atoms. The summed E-state index contributed by atoms with van der Waals surface area (Å²) in [4.78, 5) is 10.7. The zero-order valence-corrected chi connectivity index (χ0v) is 8.37. The number of carbonyl (C=O) groups is 1. The summed E-state index contributed by atoms with van der Waals surface area (Å²) in [5.74, 6) is 0. The molecule has 4 heteroatoms. The van der Waals surface area contributed by atoms with Crippen molar-refractivity contribution in [3.8, 4) is 0 Å². The van der Waals surface area contributed by atoms with Crippen molar-refractivity contribution in [1.29, 1.82) is 0 Å². The van der Waals surface area contributed by atoms with E-state index >= 15 is 0 Å². The minimum atomic E-state index is -0.887. The van der Waals surface area contributed by atoms with Crippen LogP contribution < -0.4 is 0 Å². The summed E-state index contributed by atoms with van der Waals surface area (Å²) < 4.78 is 8.25. The molecular formula is C5H6InNO2. The van der Waals surface area contributed by atoms with Crippen molar-refractivity contribution < 1.29 is 9.53 Å². The van der Waals surface area contributed by atoms with Gasteiger partial charge in [-0.05, 0) is 0 Å². The third-order valence-corrected chi connectivity index (χ3v) is 4.13. The maximum absolute atomic E-state index is 10.7. The molecule has 0 saturated heterocycles. The first kappa shape index (κ1) is 6.86. The van der Waals surface area contributed by atoms with E-state index in [2.05, 4.69) is 8.50 Å². The van der Waals surface area contributed by atoms with Crippen LogP contribution in [0.4, 0.5) is 4.79 Å². The van der Waals surface area contributed by atoms with Crippen molar-refractivity contribution in [3.05, 3.63) is 12.3 Å². The van der Waals surface area contributed by atoms with Crippen molar-refractivity contribution >= 4 is 32.6 Å². The first-order valence-electron chi connectivity index (χ1n) is 2.56. The number of nitrogens with zero attached hydrogens (tertiary/aromatic N) is 1. The van der Waals surface area contributed by atoms with E-state index in [9.17, 15) is 4.79 Å². The van der Waals surface area contributed by atoms with Crippen LogP contribution in [0.25, 0.3) is 0 Å². The van der Waals surface area contributed by atoms with Crippen LogP contribution >= 0.6 is 0 Å². The van der Waals surface area contributed by atoms with Gasteiger partial charge in [0, 0.05) is 0 Å². The van der Waals surface area contributed by atoms with Crippen LogP contribution in [0.15, 0.2) is 12.3 Å². The number of ether oxygens (including phenoxy) is 1. The van der Waals surface area contributed by atoms with E-state index < -0.39 is 22.7 Å². The number of hydrogen-bond donors (Lipinski definition) is 0. The van der Waals surface area contributed by atoms with E-state index in [-0.39, 0.29) is 6.09 Å². The molecule has 46 valence electrons. The fourth-order valence-electron chi connectivity index (χ4n) is 0.562. The standard InChI is InChI=1S/C5H7NO2.In/c1-3-4-6-5(7)8-2;/h1,3-4H,2H3,(H,6,7);/q;+1/p-1. The molecule has 3 nitrogen and oxygen atoms in total. The van der Waals surface area contributed by atoms with E-state index in [1.807, 2.05) is 6.08 Å². The molecule has 0 radical (unpaired) electrons. The fourth-order valence-corrected chi connectivity index (χ4v) is 2.87. The molecule has 0 unspecified atom stereocenters. The number of amides is 1. The molecular weight excluding hydrogens is 221 g/mol. The second-order valence-electron chi connectivity index (χ2n) is 1.56. The van der Waals surface area contributed by atoms with Crippen molar-refractivity contribution in [1.82, 2.24) is 2.89 Å². The molecule has 0 aliphatic carbocycles. The Morgan fingerprint density at radius 3 is 3.00 bits per heavy atom. The van der Waals surface area contributed by atoms with Crippen LogP contribution in [0, 0.1) is 0 Å². The Kier molecular flexibility index (Phi) is 2.33. The minimum absolute atomic E-state index is 0.221. The summed E-state index contributed by atoms with van der Waals surface area (Å²) in [6.07, 6.45) is 3.45. The van der Waals surface area contributed by atoms with Gasteiger partial charge < -0.3 is 0 Å². The van der Waals surface area contributed by atoms with Crippen LogP contribution in [0.5, 0.6) is 0 Å². The Balaban J connectivity index is 2.53. The van der Waals surface area contributed by atoms with Gasteiger partial charge >= 0.3 is 64.4 Å². The average molecular weight is 227 g/mol. The molecule has 0 aromatic heterocycles. The van der Waals surface area contributed by atoms with Gasteiger partial charge in [-0.2, -0.15) is 0 Å². The molecule has 0 fully saturated rings. The average Bonchev–Trinajstić information content (AvgIpc) is 2.37. The van der Waals surface area contributed by atoms with Gasteiger partial charge in [0.1, 0.15) is 0 Å². The number of hydrogen-bond acceptors (Lipinski definition) is 2. The van der Waals surface area contributed by atoms with Crippen molar-refractivity contribution in [2.75, 3.05) is 7.11 Å². The third-order valence-electron chi connectivity index (χ3n) is 0.990. The summed E-state index contributed by atoms with van der Waals surface area (Å²) in [5.41, 5.74) is 0. The second kappa shape index (κ2) is 3.06. The van der Waals surface area contributed by atoms with Crippen LogP contribution in [-0.4, -0.2) is 42.6 Å². The quantitative estimate of drug-likeness (QED) is 0.583. The van der Waals surface area contributed by atoms with Crippen LogP contribution in [0.2, 0.25) is 0 Å². The molecule has 0 saturated carbocycles. The first-order chi connectivity index (χ1) is 4.34. The summed E-state index contributed by atoms with van der Waals surface area (Å²) >= 11 is -0.887. The number of rotatable bonds is 0. The molecule has 0 N–H and O–H groups in total. The summed E-state index contributed by atoms with van der Waals surface area (Å²) in [7, 11) is 1.40. The van der Waals surface area contributed by atoms with Gasteiger partial charge in [0.15, 0.2) is 0 Å². The molecule has 0 aromatic carbocycles. The van der Waals surface area contributed by atoms with Gasteiger partial charge in [-0.1, -0.05) is 0 Å². The van der Waals surface area contributed by atoms with E-state index in [0.717, 1.165) is 0 Å². The van der Waals surface area contributed by atoms with E-state index in [0.29, 0.717) is 0 Å². The van der Waals surface area contributed by atoms with Crippen molar-refractivity contribution in [2.45, 2.75) is 0 Å². The monoisotopic (exact) mass is 227 g/mol. The fraction of sp³-hybridized carbons (Fsp3) is 0.200. The molecule has 1 rings (SSSR count). The predicted molar refractivity (Wildman–Crippen MR) is 35.2 cm³/mol. The van der Waals surface area contributed by atoms with Crippen LogP contribution in [0.3, 0.4) is 0 Å². The van der Waals surface area contributed by atoms with E-state index in [1.54, 1.807) is 9.09 Å².